The van der Waals surface area contributed by atoms with Crippen LogP contribution in [0.25, 0.3) is 0 Å². The van der Waals surface area contributed by atoms with Crippen molar-refractivity contribution in [2.45, 2.75) is 17.9 Å². The summed E-state index contributed by atoms with van der Waals surface area (Å²) in [5, 5.41) is 0. The first-order valence-corrected chi connectivity index (χ1v) is 5.88. The number of hydrogen-bond acceptors (Lipinski definition) is 3. The van der Waals surface area contributed by atoms with Crippen molar-refractivity contribution in [3.63, 3.8) is 0 Å². The topological polar surface area (TPSA) is 29.3 Å². The summed E-state index contributed by atoms with van der Waals surface area (Å²) in [5.41, 5.74) is 8.45. The highest BCUT2D eigenvalue weighted by Crippen LogP contribution is 2.38. The first-order valence-electron chi connectivity index (χ1n) is 4.89. The molecule has 1 atom stereocenters. The molecule has 0 spiro atoms. The third kappa shape index (κ3) is 1.51. The molecule has 0 aromatic heterocycles. The molecule has 0 amide bonds. The predicted octanol–water partition coefficient (Wildman–Crippen LogP) is 1.86. The third-order valence-electron chi connectivity index (χ3n) is 2.80. The monoisotopic (exact) mass is 208 g/mol. The van der Waals surface area contributed by atoms with Crippen LogP contribution in [0.2, 0.25) is 0 Å². The maximum Gasteiger partial charge on any atom is 0.0534 e. The summed E-state index contributed by atoms with van der Waals surface area (Å²) in [5.74, 6) is 1.10. The second kappa shape index (κ2) is 3.83. The fourth-order valence-electron chi connectivity index (χ4n) is 1.91. The van der Waals surface area contributed by atoms with Crippen LogP contribution < -0.4 is 10.6 Å². The lowest BCUT2D eigenvalue weighted by Crippen LogP contribution is -2.42. The fraction of sp³-hybridized carbons (Fsp3) is 0.455. The number of benzene rings is 1. The van der Waals surface area contributed by atoms with E-state index in [1.165, 1.54) is 16.1 Å². The molecule has 2 rings (SSSR count). The molecule has 1 heterocycles. The molecule has 1 unspecified atom stereocenters. The molecule has 1 aromatic carbocycles. The number of likely N-dealkylation sites (N-methyl/N-ethyl adjacent to an activating group) is 1. The summed E-state index contributed by atoms with van der Waals surface area (Å²) in [6.45, 7) is 2.89. The number of rotatable bonds is 1. The number of nitrogens with two attached hydrogens (primary N) is 1. The lowest BCUT2D eigenvalue weighted by Gasteiger charge is -2.36. The van der Waals surface area contributed by atoms with Gasteiger partial charge in [0.25, 0.3) is 0 Å². The quantitative estimate of drug-likeness (QED) is 0.764. The van der Waals surface area contributed by atoms with Gasteiger partial charge in [-0.3, -0.25) is 0 Å². The largest absolute Gasteiger partial charge is 0.368 e. The van der Waals surface area contributed by atoms with E-state index in [0.29, 0.717) is 6.04 Å². The minimum Gasteiger partial charge on any atom is -0.368 e. The van der Waals surface area contributed by atoms with E-state index in [-0.39, 0.29) is 0 Å². The summed E-state index contributed by atoms with van der Waals surface area (Å²) in [4.78, 5) is 3.71. The van der Waals surface area contributed by atoms with Crippen LogP contribution in [0.5, 0.6) is 0 Å². The standard InChI is InChI=1S/C11H16N2S/c1-8-4-3-5-10-11(8)13(2)9(6-12)7-14-10/h3-5,9H,6-7,12H2,1-2H3. The second-order valence-electron chi connectivity index (χ2n) is 3.73. The zero-order chi connectivity index (χ0) is 10.1. The van der Waals surface area contributed by atoms with Crippen molar-refractivity contribution in [2.75, 3.05) is 24.2 Å². The van der Waals surface area contributed by atoms with Crippen LogP contribution in [-0.4, -0.2) is 25.4 Å². The van der Waals surface area contributed by atoms with Gasteiger partial charge in [-0.15, -0.1) is 11.8 Å². The van der Waals surface area contributed by atoms with Crippen LogP contribution in [0.3, 0.4) is 0 Å². The van der Waals surface area contributed by atoms with Gasteiger partial charge in [0.15, 0.2) is 0 Å². The number of anilines is 1. The van der Waals surface area contributed by atoms with Gasteiger partial charge in [-0.25, -0.2) is 0 Å². The summed E-state index contributed by atoms with van der Waals surface area (Å²) in [6.07, 6.45) is 0. The molecule has 0 fully saturated rings. The molecular weight excluding hydrogens is 192 g/mol. The summed E-state index contributed by atoms with van der Waals surface area (Å²) in [6, 6.07) is 6.96. The van der Waals surface area contributed by atoms with Gasteiger partial charge in [0.1, 0.15) is 0 Å². The lowest BCUT2D eigenvalue weighted by molar-refractivity contribution is 0.690. The Balaban J connectivity index is 2.43. The molecule has 1 aliphatic rings. The number of hydrogen-bond donors (Lipinski definition) is 1. The van der Waals surface area contributed by atoms with Crippen molar-refractivity contribution in [2.24, 2.45) is 5.73 Å². The van der Waals surface area contributed by atoms with Crippen molar-refractivity contribution in [3.8, 4) is 0 Å². The van der Waals surface area contributed by atoms with Gasteiger partial charge in [-0.1, -0.05) is 12.1 Å². The van der Waals surface area contributed by atoms with E-state index < -0.39 is 0 Å². The Morgan fingerprint density at radius 1 is 1.57 bits per heavy atom. The van der Waals surface area contributed by atoms with Crippen molar-refractivity contribution in [3.05, 3.63) is 23.8 Å². The normalized spacial score (nSPS) is 20.8. The predicted molar refractivity (Wildman–Crippen MR) is 63.1 cm³/mol. The molecule has 0 radical (unpaired) electrons. The minimum absolute atomic E-state index is 0.480. The van der Waals surface area contributed by atoms with Crippen molar-refractivity contribution in [1.82, 2.24) is 0 Å². The fourth-order valence-corrected chi connectivity index (χ4v) is 3.26. The van der Waals surface area contributed by atoms with E-state index in [1.807, 2.05) is 11.8 Å². The summed E-state index contributed by atoms with van der Waals surface area (Å²) >= 11 is 1.92. The van der Waals surface area contributed by atoms with Gasteiger partial charge < -0.3 is 10.6 Å². The Morgan fingerprint density at radius 2 is 2.36 bits per heavy atom. The Kier molecular flexibility index (Phi) is 2.70. The highest BCUT2D eigenvalue weighted by molar-refractivity contribution is 7.99. The average molecular weight is 208 g/mol. The van der Waals surface area contributed by atoms with Crippen molar-refractivity contribution >= 4 is 17.4 Å². The van der Waals surface area contributed by atoms with Crippen LogP contribution in [0.4, 0.5) is 5.69 Å². The lowest BCUT2D eigenvalue weighted by atomic mass is 10.1. The summed E-state index contributed by atoms with van der Waals surface area (Å²) in [7, 11) is 2.14. The number of para-hydroxylation sites is 1. The van der Waals surface area contributed by atoms with Gasteiger partial charge in [-0.2, -0.15) is 0 Å². The Labute approximate surface area is 89.5 Å². The zero-order valence-electron chi connectivity index (χ0n) is 8.66. The molecular formula is C11H16N2S. The molecule has 0 saturated heterocycles. The van der Waals surface area contributed by atoms with Gasteiger partial charge in [0.2, 0.25) is 0 Å². The van der Waals surface area contributed by atoms with Crippen LogP contribution >= 0.6 is 11.8 Å². The SMILES string of the molecule is Cc1cccc2c1N(C)C(CN)CS2. The number of thioether (sulfide) groups is 1. The van der Waals surface area contributed by atoms with E-state index in [9.17, 15) is 0 Å². The molecule has 14 heavy (non-hydrogen) atoms. The molecule has 3 heteroatoms. The maximum absolute atomic E-state index is 5.75. The van der Waals surface area contributed by atoms with Crippen LogP contribution in [0.15, 0.2) is 23.1 Å². The average Bonchev–Trinajstić information content (AvgIpc) is 2.18. The van der Waals surface area contributed by atoms with E-state index in [0.717, 1.165) is 12.3 Å². The molecule has 0 saturated carbocycles. The first kappa shape index (κ1) is 9.87. The highest BCUT2D eigenvalue weighted by Gasteiger charge is 2.23. The molecule has 0 aliphatic carbocycles. The molecule has 2 nitrogen and oxygen atoms in total. The number of fused-ring (bicyclic) bond motifs is 1. The smallest absolute Gasteiger partial charge is 0.0534 e. The molecule has 2 N–H and O–H groups in total. The minimum atomic E-state index is 0.480. The number of nitrogens with zero attached hydrogens (tertiary/aromatic N) is 1. The second-order valence-corrected chi connectivity index (χ2v) is 4.79. The van der Waals surface area contributed by atoms with E-state index in [1.54, 1.807) is 0 Å². The van der Waals surface area contributed by atoms with Gasteiger partial charge in [0, 0.05) is 24.2 Å². The van der Waals surface area contributed by atoms with Gasteiger partial charge in [-0.05, 0) is 18.6 Å². The third-order valence-corrected chi connectivity index (χ3v) is 4.00. The molecule has 1 aromatic rings. The van der Waals surface area contributed by atoms with E-state index in [4.69, 9.17) is 5.73 Å². The van der Waals surface area contributed by atoms with E-state index >= 15 is 0 Å². The van der Waals surface area contributed by atoms with Crippen molar-refractivity contribution < 1.29 is 0 Å². The highest BCUT2D eigenvalue weighted by atomic mass is 32.2. The summed E-state index contributed by atoms with van der Waals surface area (Å²) < 4.78 is 0. The Hall–Kier alpha value is -0.670. The number of aryl methyl sites for hydroxylation is 1. The van der Waals surface area contributed by atoms with Gasteiger partial charge in [0.05, 0.1) is 11.7 Å². The Morgan fingerprint density at radius 3 is 3.07 bits per heavy atom. The van der Waals surface area contributed by atoms with E-state index in [2.05, 4.69) is 37.1 Å². The van der Waals surface area contributed by atoms with Gasteiger partial charge >= 0.3 is 0 Å². The van der Waals surface area contributed by atoms with Crippen LogP contribution in [0.1, 0.15) is 5.56 Å². The molecule has 0 bridgehead atoms. The van der Waals surface area contributed by atoms with Crippen molar-refractivity contribution in [1.29, 1.82) is 0 Å². The molecule has 76 valence electrons. The maximum atomic E-state index is 5.75. The molecule has 1 aliphatic heterocycles. The zero-order valence-corrected chi connectivity index (χ0v) is 9.47. The van der Waals surface area contributed by atoms with Crippen LogP contribution in [-0.2, 0) is 0 Å². The van der Waals surface area contributed by atoms with Crippen LogP contribution in [0, 0.1) is 6.92 Å². The Bertz CT molecular complexity index is 338. The first-order chi connectivity index (χ1) is 6.74.